The molecule has 0 saturated heterocycles. The molecule has 1 heterocycles. The number of aliphatic hydroxyl groups is 1. The van der Waals surface area contributed by atoms with Crippen molar-refractivity contribution < 1.29 is 9.63 Å². The Balaban J connectivity index is 2.43. The van der Waals surface area contributed by atoms with E-state index in [2.05, 4.69) is 80.7 Å². The molecule has 2 aromatic rings. The van der Waals surface area contributed by atoms with Crippen LogP contribution in [0.3, 0.4) is 0 Å². The van der Waals surface area contributed by atoms with Crippen molar-refractivity contribution in [3.05, 3.63) is 45.7 Å². The molecule has 3 nitrogen and oxygen atoms in total. The predicted molar refractivity (Wildman–Crippen MR) is 118 cm³/mol. The Hall–Kier alpha value is -0.793. The smallest absolute Gasteiger partial charge is 0.284 e. The van der Waals surface area contributed by atoms with Crippen molar-refractivity contribution in [3.8, 4) is 0 Å². The lowest BCUT2D eigenvalue weighted by atomic mass is 10.1. The number of halogens is 1. The average molecular weight is 471 g/mol. The molecule has 0 aliphatic rings. The van der Waals surface area contributed by atoms with Crippen LogP contribution in [0.4, 0.5) is 0 Å². The van der Waals surface area contributed by atoms with Crippen molar-refractivity contribution in [3.63, 3.8) is 0 Å². The second-order valence-electron chi connectivity index (χ2n) is 8.06. The first-order chi connectivity index (χ1) is 11.6. The molecule has 0 saturated carbocycles. The van der Waals surface area contributed by atoms with E-state index < -0.39 is 14.4 Å². The molecule has 1 aromatic heterocycles. The third-order valence-electron chi connectivity index (χ3n) is 5.11. The van der Waals surface area contributed by atoms with Crippen LogP contribution in [0.25, 0.3) is 10.9 Å². The van der Waals surface area contributed by atoms with Gasteiger partial charge in [-0.15, -0.1) is 0 Å². The Bertz CT molecular complexity index is 759. The molecule has 0 amide bonds. The lowest BCUT2D eigenvalue weighted by Gasteiger charge is -2.36. The van der Waals surface area contributed by atoms with Crippen LogP contribution in [0.15, 0.2) is 36.4 Å². The summed E-state index contributed by atoms with van der Waals surface area (Å²) in [4.78, 5) is 0. The van der Waals surface area contributed by atoms with Crippen LogP contribution in [0.5, 0.6) is 0 Å². The van der Waals surface area contributed by atoms with Crippen molar-refractivity contribution in [1.29, 1.82) is 0 Å². The predicted octanol–water partition coefficient (Wildman–Crippen LogP) is 5.55. The highest BCUT2D eigenvalue weighted by molar-refractivity contribution is 14.1. The van der Waals surface area contributed by atoms with Crippen LogP contribution < -0.4 is 4.53 Å². The van der Waals surface area contributed by atoms with Gasteiger partial charge in [0, 0.05) is 5.39 Å². The number of hydrogen-bond donors (Lipinski definition) is 1. The lowest BCUT2D eigenvalue weighted by Crippen LogP contribution is -2.48. The van der Waals surface area contributed by atoms with E-state index in [0.29, 0.717) is 6.42 Å². The number of aromatic nitrogens is 1. The molecule has 1 N–H and O–H groups in total. The molecule has 1 aromatic carbocycles. The second kappa shape index (κ2) is 7.84. The third-order valence-corrected chi connectivity index (χ3v) is 10.4. The van der Waals surface area contributed by atoms with Gasteiger partial charge >= 0.3 is 0 Å². The average Bonchev–Trinajstić information content (AvgIpc) is 2.77. The normalized spacial score (nSPS) is 14.4. The quantitative estimate of drug-likeness (QED) is 0.341. The Kier molecular flexibility index (Phi) is 6.43. The van der Waals surface area contributed by atoms with Gasteiger partial charge in [0.15, 0.2) is 0 Å². The summed E-state index contributed by atoms with van der Waals surface area (Å²) in [6.07, 6.45) is 4.90. The molecule has 0 aliphatic carbocycles. The summed E-state index contributed by atoms with van der Waals surface area (Å²) in [5.74, 6) is 0. The fourth-order valence-electron chi connectivity index (χ4n) is 2.55. The fourth-order valence-corrected chi connectivity index (χ4v) is 4.57. The summed E-state index contributed by atoms with van der Waals surface area (Å²) in [5, 5.41) is 11.4. The molecule has 0 spiro atoms. The van der Waals surface area contributed by atoms with Gasteiger partial charge in [0.2, 0.25) is 0 Å². The highest BCUT2D eigenvalue weighted by Gasteiger charge is 2.41. The van der Waals surface area contributed by atoms with E-state index in [1.165, 1.54) is 10.9 Å². The fraction of sp³-hybridized carbons (Fsp3) is 0.500. The molecular formula is C20H30INO2Si. The highest BCUT2D eigenvalue weighted by atomic mass is 127. The zero-order valence-electron chi connectivity index (χ0n) is 16.1. The molecule has 5 heteroatoms. The van der Waals surface area contributed by atoms with E-state index in [4.69, 9.17) is 4.53 Å². The molecule has 0 fully saturated rings. The molecular weight excluding hydrogens is 441 g/mol. The van der Waals surface area contributed by atoms with Gasteiger partial charge in [-0.2, -0.15) is 4.73 Å². The van der Waals surface area contributed by atoms with Gasteiger partial charge in [-0.3, -0.25) is 0 Å². The molecule has 1 unspecified atom stereocenters. The summed E-state index contributed by atoms with van der Waals surface area (Å²) < 4.78 is 9.77. The van der Waals surface area contributed by atoms with Gasteiger partial charge in [0.25, 0.3) is 8.32 Å². The van der Waals surface area contributed by atoms with E-state index in [1.54, 1.807) is 0 Å². The monoisotopic (exact) mass is 471 g/mol. The Morgan fingerprint density at radius 1 is 1.28 bits per heavy atom. The third kappa shape index (κ3) is 4.49. The molecule has 138 valence electrons. The van der Waals surface area contributed by atoms with Crippen LogP contribution in [-0.2, 0) is 6.42 Å². The largest absolute Gasteiger partial charge is 0.468 e. The van der Waals surface area contributed by atoms with E-state index in [1.807, 2.05) is 23.8 Å². The Morgan fingerprint density at radius 3 is 2.52 bits per heavy atom. The Labute approximate surface area is 166 Å². The number of nitrogens with zero attached hydrogens (tertiary/aromatic N) is 1. The number of benzene rings is 1. The molecule has 0 radical (unpaired) electrons. The maximum atomic E-state index is 10.1. The van der Waals surface area contributed by atoms with E-state index in [0.717, 1.165) is 15.6 Å². The molecule has 25 heavy (non-hydrogen) atoms. The zero-order valence-corrected chi connectivity index (χ0v) is 19.3. The van der Waals surface area contributed by atoms with Gasteiger partial charge < -0.3 is 9.63 Å². The van der Waals surface area contributed by atoms with Gasteiger partial charge in [-0.25, -0.2) is 0 Å². The van der Waals surface area contributed by atoms with Crippen LogP contribution in [0.1, 0.15) is 39.7 Å². The highest BCUT2D eigenvalue weighted by Crippen LogP contribution is 2.37. The van der Waals surface area contributed by atoms with Crippen molar-refractivity contribution in [2.45, 2.75) is 64.8 Å². The van der Waals surface area contributed by atoms with Crippen LogP contribution in [0.2, 0.25) is 18.1 Å². The number of hydrogen-bond acceptors (Lipinski definition) is 2. The molecule has 0 aliphatic heterocycles. The standard InChI is InChI=1S/C20H30INO2Si/c1-7-10-15(23)13-14-17-16-11-8-9-12-18(16)22(19(17)21)24-25(5,6)20(2,3)4/h7-12,15,23H,13-14H2,1-6H3/b10-7+. The molecule has 0 bridgehead atoms. The van der Waals surface area contributed by atoms with Crippen LogP contribution >= 0.6 is 22.6 Å². The van der Waals surface area contributed by atoms with Crippen LogP contribution in [0, 0.1) is 3.70 Å². The minimum atomic E-state index is -1.94. The Morgan fingerprint density at radius 2 is 1.92 bits per heavy atom. The van der Waals surface area contributed by atoms with Crippen molar-refractivity contribution in [2.75, 3.05) is 0 Å². The van der Waals surface area contributed by atoms with E-state index in [-0.39, 0.29) is 5.04 Å². The van der Waals surface area contributed by atoms with Crippen molar-refractivity contribution in [1.82, 2.24) is 4.73 Å². The maximum absolute atomic E-state index is 10.1. The minimum Gasteiger partial charge on any atom is -0.468 e. The number of fused-ring (bicyclic) bond motifs is 1. The summed E-state index contributed by atoms with van der Waals surface area (Å²) >= 11 is 2.39. The van der Waals surface area contributed by atoms with Crippen LogP contribution in [-0.4, -0.2) is 24.3 Å². The number of aliphatic hydroxyl groups excluding tert-OH is 1. The second-order valence-corrected chi connectivity index (χ2v) is 13.8. The number of para-hydroxylation sites is 1. The van der Waals surface area contributed by atoms with Gasteiger partial charge in [0.05, 0.1) is 11.6 Å². The first-order valence-electron chi connectivity index (χ1n) is 8.86. The van der Waals surface area contributed by atoms with Crippen molar-refractivity contribution in [2.24, 2.45) is 0 Å². The first-order valence-corrected chi connectivity index (χ1v) is 12.9. The summed E-state index contributed by atoms with van der Waals surface area (Å²) in [5.41, 5.74) is 2.38. The maximum Gasteiger partial charge on any atom is 0.284 e. The number of rotatable bonds is 6. The van der Waals surface area contributed by atoms with Gasteiger partial charge in [0.1, 0.15) is 3.70 Å². The van der Waals surface area contributed by atoms with E-state index in [9.17, 15) is 5.11 Å². The summed E-state index contributed by atoms with van der Waals surface area (Å²) in [6.45, 7) is 13.2. The summed E-state index contributed by atoms with van der Waals surface area (Å²) in [6, 6.07) is 8.40. The van der Waals surface area contributed by atoms with Gasteiger partial charge in [-0.05, 0) is 72.1 Å². The topological polar surface area (TPSA) is 34.4 Å². The number of aryl methyl sites for hydroxylation is 1. The molecule has 1 atom stereocenters. The van der Waals surface area contributed by atoms with E-state index >= 15 is 0 Å². The van der Waals surface area contributed by atoms with Crippen molar-refractivity contribution >= 4 is 41.8 Å². The van der Waals surface area contributed by atoms with Gasteiger partial charge in [-0.1, -0.05) is 51.1 Å². The molecule has 2 rings (SSSR count). The SMILES string of the molecule is C/C=C/C(O)CCc1c(I)n(O[Si](C)(C)C(C)(C)C)c2ccccc12. The summed E-state index contributed by atoms with van der Waals surface area (Å²) in [7, 11) is -1.94. The zero-order chi connectivity index (χ0) is 18.8. The minimum absolute atomic E-state index is 0.143. The number of allylic oxidation sites excluding steroid dienone is 1. The first kappa shape index (κ1) is 20.5. The lowest BCUT2D eigenvalue weighted by molar-refractivity contribution is 0.212.